The zero-order chi connectivity index (χ0) is 14.8. The molecule has 1 rings (SSSR count). The Morgan fingerprint density at radius 3 is 2.53 bits per heavy atom. The average Bonchev–Trinajstić information content (AvgIpc) is 2.31. The normalized spacial score (nSPS) is 13.5. The van der Waals surface area contributed by atoms with Crippen molar-refractivity contribution >= 4 is 27.2 Å². The minimum Gasteiger partial charge on any atom is -0.393 e. The predicted octanol–water partition coefficient (Wildman–Crippen LogP) is 1.85. The molecular weight excluding hydrogens is 280 g/mol. The first-order valence-corrected chi connectivity index (χ1v) is 7.84. The van der Waals surface area contributed by atoms with Gasteiger partial charge in [-0.2, -0.15) is 0 Å². The minimum atomic E-state index is -3.50. The van der Waals surface area contributed by atoms with Gasteiger partial charge in [0.25, 0.3) is 0 Å². The monoisotopic (exact) mass is 300 g/mol. The molecule has 0 spiro atoms. The lowest BCUT2D eigenvalue weighted by atomic mass is 10.2. The van der Waals surface area contributed by atoms with Crippen LogP contribution in [0.5, 0.6) is 0 Å². The van der Waals surface area contributed by atoms with Gasteiger partial charge >= 0.3 is 0 Å². The SMILES string of the molecule is Cc1ccc(C)c(S(=O)(=O)N(C)CC(C)C(N)=S)c1. The lowest BCUT2D eigenvalue weighted by Crippen LogP contribution is -2.35. The highest BCUT2D eigenvalue weighted by molar-refractivity contribution is 7.89. The van der Waals surface area contributed by atoms with Crippen molar-refractivity contribution in [1.82, 2.24) is 4.31 Å². The summed E-state index contributed by atoms with van der Waals surface area (Å²) in [6.45, 7) is 5.76. The molecule has 0 saturated heterocycles. The van der Waals surface area contributed by atoms with Crippen LogP contribution in [-0.4, -0.2) is 31.3 Å². The minimum absolute atomic E-state index is 0.153. The van der Waals surface area contributed by atoms with Gasteiger partial charge in [0.2, 0.25) is 10.0 Å². The second-order valence-electron chi connectivity index (χ2n) is 4.86. The predicted molar refractivity (Wildman–Crippen MR) is 81.7 cm³/mol. The van der Waals surface area contributed by atoms with E-state index in [0.29, 0.717) is 9.88 Å². The molecule has 0 aliphatic heterocycles. The maximum absolute atomic E-state index is 12.5. The van der Waals surface area contributed by atoms with Crippen LogP contribution in [0, 0.1) is 19.8 Å². The molecule has 1 aromatic carbocycles. The van der Waals surface area contributed by atoms with E-state index in [1.807, 2.05) is 26.0 Å². The number of hydrogen-bond acceptors (Lipinski definition) is 3. The third kappa shape index (κ3) is 3.75. The first-order chi connectivity index (χ1) is 8.66. The fourth-order valence-corrected chi connectivity index (χ4v) is 3.37. The Balaban J connectivity index is 3.10. The lowest BCUT2D eigenvalue weighted by molar-refractivity contribution is 0.445. The van der Waals surface area contributed by atoms with Gasteiger partial charge in [-0.15, -0.1) is 0 Å². The number of benzene rings is 1. The summed E-state index contributed by atoms with van der Waals surface area (Å²) in [7, 11) is -1.96. The Hall–Kier alpha value is -0.980. The van der Waals surface area contributed by atoms with E-state index in [1.165, 1.54) is 4.31 Å². The number of rotatable bonds is 5. The van der Waals surface area contributed by atoms with Crippen molar-refractivity contribution < 1.29 is 8.42 Å². The molecule has 0 radical (unpaired) electrons. The molecule has 0 heterocycles. The van der Waals surface area contributed by atoms with Gasteiger partial charge in [0.15, 0.2) is 0 Å². The molecule has 0 fully saturated rings. The average molecular weight is 300 g/mol. The second kappa shape index (κ2) is 5.98. The standard InChI is InChI=1S/C13H20N2O2S2/c1-9-5-6-10(2)12(7-9)19(16,17)15(4)8-11(3)13(14)18/h5-7,11H,8H2,1-4H3,(H2,14,18). The van der Waals surface area contributed by atoms with E-state index in [9.17, 15) is 8.42 Å². The third-order valence-corrected chi connectivity index (χ3v) is 5.42. The van der Waals surface area contributed by atoms with Crippen molar-refractivity contribution in [2.24, 2.45) is 11.7 Å². The number of aryl methyl sites for hydroxylation is 2. The molecule has 0 amide bonds. The van der Waals surface area contributed by atoms with Crippen LogP contribution in [0.25, 0.3) is 0 Å². The van der Waals surface area contributed by atoms with Crippen LogP contribution < -0.4 is 5.73 Å². The van der Waals surface area contributed by atoms with Crippen LogP contribution in [-0.2, 0) is 10.0 Å². The summed E-state index contributed by atoms with van der Waals surface area (Å²) >= 11 is 4.88. The topological polar surface area (TPSA) is 63.4 Å². The van der Waals surface area contributed by atoms with E-state index in [4.69, 9.17) is 18.0 Å². The van der Waals surface area contributed by atoms with E-state index in [1.54, 1.807) is 20.0 Å². The van der Waals surface area contributed by atoms with Gasteiger partial charge in [0.05, 0.1) is 9.88 Å². The summed E-state index contributed by atoms with van der Waals surface area (Å²) in [4.78, 5) is 0.660. The molecule has 2 N–H and O–H groups in total. The molecule has 0 bridgehead atoms. The van der Waals surface area contributed by atoms with Crippen molar-refractivity contribution in [2.75, 3.05) is 13.6 Å². The number of sulfonamides is 1. The maximum Gasteiger partial charge on any atom is 0.243 e. The second-order valence-corrected chi connectivity index (χ2v) is 7.34. The van der Waals surface area contributed by atoms with E-state index >= 15 is 0 Å². The Labute approximate surface area is 120 Å². The summed E-state index contributed by atoms with van der Waals surface area (Å²) < 4.78 is 26.3. The molecule has 1 unspecified atom stereocenters. The van der Waals surface area contributed by atoms with E-state index in [0.717, 1.165) is 11.1 Å². The quantitative estimate of drug-likeness (QED) is 0.843. The summed E-state index contributed by atoms with van der Waals surface area (Å²) in [5, 5.41) is 0. The molecule has 1 atom stereocenters. The van der Waals surface area contributed by atoms with Crippen LogP contribution in [0.4, 0.5) is 0 Å². The van der Waals surface area contributed by atoms with Crippen LogP contribution in [0.1, 0.15) is 18.1 Å². The molecule has 0 aromatic heterocycles. The Morgan fingerprint density at radius 2 is 2.00 bits per heavy atom. The van der Waals surface area contributed by atoms with E-state index in [-0.39, 0.29) is 12.5 Å². The van der Waals surface area contributed by atoms with Crippen LogP contribution >= 0.6 is 12.2 Å². The zero-order valence-electron chi connectivity index (χ0n) is 11.7. The summed E-state index contributed by atoms with van der Waals surface area (Å²) in [5.41, 5.74) is 7.18. The largest absolute Gasteiger partial charge is 0.393 e. The Morgan fingerprint density at radius 1 is 1.42 bits per heavy atom. The fourth-order valence-electron chi connectivity index (χ4n) is 1.73. The van der Waals surface area contributed by atoms with Gasteiger partial charge < -0.3 is 5.73 Å². The molecule has 6 heteroatoms. The Bertz CT molecular complexity index is 582. The van der Waals surface area contributed by atoms with Crippen LogP contribution in [0.3, 0.4) is 0 Å². The van der Waals surface area contributed by atoms with Gasteiger partial charge in [-0.05, 0) is 31.0 Å². The van der Waals surface area contributed by atoms with Crippen molar-refractivity contribution in [3.8, 4) is 0 Å². The molecular formula is C13H20N2O2S2. The van der Waals surface area contributed by atoms with Crippen molar-refractivity contribution in [3.63, 3.8) is 0 Å². The Kier molecular flexibility index (Phi) is 5.06. The number of thiocarbonyl (C=S) groups is 1. The van der Waals surface area contributed by atoms with Crippen molar-refractivity contribution in [1.29, 1.82) is 0 Å². The highest BCUT2D eigenvalue weighted by atomic mass is 32.2. The van der Waals surface area contributed by atoms with Gasteiger partial charge in [0, 0.05) is 19.5 Å². The molecule has 0 aliphatic carbocycles. The van der Waals surface area contributed by atoms with Crippen molar-refractivity contribution in [3.05, 3.63) is 29.3 Å². The summed E-state index contributed by atoms with van der Waals surface area (Å²) in [6, 6.07) is 5.39. The number of hydrogen-bond donors (Lipinski definition) is 1. The van der Waals surface area contributed by atoms with Gasteiger partial charge in [-0.3, -0.25) is 0 Å². The first kappa shape index (κ1) is 16.1. The van der Waals surface area contributed by atoms with E-state index < -0.39 is 10.0 Å². The smallest absolute Gasteiger partial charge is 0.243 e. The molecule has 19 heavy (non-hydrogen) atoms. The highest BCUT2D eigenvalue weighted by Gasteiger charge is 2.24. The van der Waals surface area contributed by atoms with Gasteiger partial charge in [-0.1, -0.05) is 31.3 Å². The first-order valence-electron chi connectivity index (χ1n) is 5.99. The molecule has 4 nitrogen and oxygen atoms in total. The molecule has 106 valence electrons. The third-order valence-electron chi connectivity index (χ3n) is 3.05. The number of nitrogens with two attached hydrogens (primary N) is 1. The van der Waals surface area contributed by atoms with Gasteiger partial charge in [0.1, 0.15) is 0 Å². The zero-order valence-corrected chi connectivity index (χ0v) is 13.3. The molecule has 1 aromatic rings. The van der Waals surface area contributed by atoms with E-state index in [2.05, 4.69) is 0 Å². The van der Waals surface area contributed by atoms with Crippen molar-refractivity contribution in [2.45, 2.75) is 25.7 Å². The van der Waals surface area contributed by atoms with Gasteiger partial charge in [-0.25, -0.2) is 12.7 Å². The fraction of sp³-hybridized carbons (Fsp3) is 0.462. The maximum atomic E-state index is 12.5. The summed E-state index contributed by atoms with van der Waals surface area (Å²) in [5.74, 6) is -0.153. The molecule has 0 aliphatic rings. The van der Waals surface area contributed by atoms with Crippen LogP contribution in [0.2, 0.25) is 0 Å². The lowest BCUT2D eigenvalue weighted by Gasteiger charge is -2.21. The highest BCUT2D eigenvalue weighted by Crippen LogP contribution is 2.21. The summed E-state index contributed by atoms with van der Waals surface area (Å²) in [6.07, 6.45) is 0. The number of nitrogens with zero attached hydrogens (tertiary/aromatic N) is 1. The van der Waals surface area contributed by atoms with Crippen LogP contribution in [0.15, 0.2) is 23.1 Å². The molecule has 0 saturated carbocycles.